The Morgan fingerprint density at radius 2 is 1.68 bits per heavy atom. The Hall–Kier alpha value is -3.51. The number of aryl methyl sites for hydroxylation is 1. The zero-order valence-electron chi connectivity index (χ0n) is 15.5. The second-order valence-electron chi connectivity index (χ2n) is 6.59. The summed E-state index contributed by atoms with van der Waals surface area (Å²) in [4.78, 5) is 22.8. The molecule has 6 nitrogen and oxygen atoms in total. The molecular weight excluding hydrogens is 354 g/mol. The monoisotopic (exact) mass is 376 g/mol. The lowest BCUT2D eigenvalue weighted by atomic mass is 9.98. The minimum Gasteiger partial charge on any atom is -0.328 e. The molecule has 0 spiro atoms. The van der Waals surface area contributed by atoms with Gasteiger partial charge in [0.1, 0.15) is 6.04 Å². The highest BCUT2D eigenvalue weighted by molar-refractivity contribution is 5.91. The zero-order chi connectivity index (χ0) is 19.9. The van der Waals surface area contributed by atoms with Crippen LogP contribution in [0.1, 0.15) is 22.7 Å². The third-order valence-electron chi connectivity index (χ3n) is 4.47. The number of nitro groups is 1. The number of anilines is 1. The van der Waals surface area contributed by atoms with Gasteiger partial charge in [0.15, 0.2) is 6.54 Å². The molecule has 3 N–H and O–H groups in total. The van der Waals surface area contributed by atoms with Crippen molar-refractivity contribution in [2.24, 2.45) is 0 Å². The molecule has 28 heavy (non-hydrogen) atoms. The molecule has 142 valence electrons. The van der Waals surface area contributed by atoms with E-state index < -0.39 is 4.92 Å². The first-order chi connectivity index (χ1) is 13.5. The van der Waals surface area contributed by atoms with Crippen molar-refractivity contribution in [2.75, 3.05) is 11.9 Å². The lowest BCUT2D eigenvalue weighted by Crippen LogP contribution is -2.87. The lowest BCUT2D eigenvalue weighted by Gasteiger charge is -2.17. The normalized spacial score (nSPS) is 11.6. The predicted molar refractivity (Wildman–Crippen MR) is 108 cm³/mol. The Morgan fingerprint density at radius 3 is 2.36 bits per heavy atom. The van der Waals surface area contributed by atoms with Crippen molar-refractivity contribution in [1.82, 2.24) is 0 Å². The number of nitrogens with one attached hydrogen (secondary N) is 1. The lowest BCUT2D eigenvalue weighted by molar-refractivity contribution is -0.676. The number of carbonyl (C=O) groups excluding carboxylic acids is 1. The van der Waals surface area contributed by atoms with E-state index in [1.54, 1.807) is 12.1 Å². The SMILES string of the molecule is Cc1ccc([C@@H]([NH2+]CC(=O)Nc2cccc([N+](=O)[O-])c2)c2ccccc2)cc1. The van der Waals surface area contributed by atoms with Crippen LogP contribution in [0.4, 0.5) is 11.4 Å². The van der Waals surface area contributed by atoms with Crippen LogP contribution in [-0.4, -0.2) is 17.4 Å². The highest BCUT2D eigenvalue weighted by Gasteiger charge is 2.19. The number of rotatable bonds is 7. The minimum atomic E-state index is -0.482. The van der Waals surface area contributed by atoms with Crippen LogP contribution in [0, 0.1) is 17.0 Å². The summed E-state index contributed by atoms with van der Waals surface area (Å²) in [6, 6.07) is 24.2. The molecule has 3 aromatic rings. The van der Waals surface area contributed by atoms with Gasteiger partial charge in [-0.05, 0) is 13.0 Å². The van der Waals surface area contributed by atoms with Crippen LogP contribution in [0.3, 0.4) is 0 Å². The van der Waals surface area contributed by atoms with Gasteiger partial charge in [0.25, 0.3) is 11.6 Å². The molecular formula is C22H22N3O3+. The van der Waals surface area contributed by atoms with E-state index in [1.807, 2.05) is 42.6 Å². The summed E-state index contributed by atoms with van der Waals surface area (Å²) in [5.41, 5.74) is 3.76. The summed E-state index contributed by atoms with van der Waals surface area (Å²) in [6.45, 7) is 2.23. The van der Waals surface area contributed by atoms with E-state index in [2.05, 4.69) is 29.6 Å². The number of nitrogens with two attached hydrogens (primary N) is 1. The van der Waals surface area contributed by atoms with Gasteiger partial charge >= 0.3 is 0 Å². The summed E-state index contributed by atoms with van der Waals surface area (Å²) in [6.07, 6.45) is 0. The summed E-state index contributed by atoms with van der Waals surface area (Å²) in [5.74, 6) is -0.214. The largest absolute Gasteiger partial charge is 0.328 e. The molecule has 0 aromatic heterocycles. The smallest absolute Gasteiger partial charge is 0.279 e. The molecule has 0 unspecified atom stereocenters. The number of nitro benzene ring substituents is 1. The van der Waals surface area contributed by atoms with E-state index in [1.165, 1.54) is 17.7 Å². The zero-order valence-corrected chi connectivity index (χ0v) is 15.5. The van der Waals surface area contributed by atoms with Gasteiger partial charge < -0.3 is 10.6 Å². The molecule has 0 aliphatic rings. The molecule has 3 aromatic carbocycles. The standard InChI is InChI=1S/C22H21N3O3/c1-16-10-12-18(13-11-16)22(17-6-3-2-4-7-17)23-15-21(26)24-19-8-5-9-20(14-19)25(27)28/h2-14,22-23H,15H2,1H3,(H,24,26)/p+1/t22-/m0/s1. The molecule has 0 aliphatic heterocycles. The van der Waals surface area contributed by atoms with Crippen molar-refractivity contribution in [2.45, 2.75) is 13.0 Å². The number of nitrogens with zero attached hydrogens (tertiary/aromatic N) is 1. The van der Waals surface area contributed by atoms with Crippen LogP contribution < -0.4 is 10.6 Å². The summed E-state index contributed by atoms with van der Waals surface area (Å²) in [7, 11) is 0. The quantitative estimate of drug-likeness (QED) is 0.490. The van der Waals surface area contributed by atoms with Gasteiger partial charge in [-0.2, -0.15) is 0 Å². The molecule has 1 atom stereocenters. The number of amides is 1. The Kier molecular flexibility index (Phi) is 6.14. The Balaban J connectivity index is 1.71. The minimum absolute atomic E-state index is 0.0161. The second kappa shape index (κ2) is 8.92. The van der Waals surface area contributed by atoms with Crippen LogP contribution in [-0.2, 0) is 4.79 Å². The number of hydrogen-bond acceptors (Lipinski definition) is 3. The molecule has 0 fully saturated rings. The summed E-state index contributed by atoms with van der Waals surface area (Å²) in [5, 5.41) is 15.6. The summed E-state index contributed by atoms with van der Waals surface area (Å²) >= 11 is 0. The fourth-order valence-electron chi connectivity index (χ4n) is 3.03. The number of benzene rings is 3. The average Bonchev–Trinajstić information content (AvgIpc) is 2.70. The van der Waals surface area contributed by atoms with Gasteiger partial charge in [-0.25, -0.2) is 0 Å². The number of hydrogen-bond donors (Lipinski definition) is 2. The van der Waals surface area contributed by atoms with Crippen LogP contribution in [0.5, 0.6) is 0 Å². The van der Waals surface area contributed by atoms with E-state index in [0.29, 0.717) is 5.69 Å². The van der Waals surface area contributed by atoms with Crippen molar-refractivity contribution in [3.63, 3.8) is 0 Å². The maximum absolute atomic E-state index is 12.4. The van der Waals surface area contributed by atoms with Gasteiger partial charge in [-0.1, -0.05) is 66.2 Å². The average molecular weight is 376 g/mol. The Morgan fingerprint density at radius 1 is 1.00 bits per heavy atom. The Bertz CT molecular complexity index is 956. The van der Waals surface area contributed by atoms with Crippen LogP contribution in [0.15, 0.2) is 78.9 Å². The van der Waals surface area contributed by atoms with Gasteiger partial charge in [0, 0.05) is 28.9 Å². The maximum Gasteiger partial charge on any atom is 0.279 e. The molecule has 0 saturated heterocycles. The number of quaternary nitrogens is 1. The third kappa shape index (κ3) is 5.02. The van der Waals surface area contributed by atoms with Crippen molar-refractivity contribution < 1.29 is 15.0 Å². The van der Waals surface area contributed by atoms with E-state index in [4.69, 9.17) is 0 Å². The molecule has 0 heterocycles. The van der Waals surface area contributed by atoms with Crippen molar-refractivity contribution in [3.05, 3.63) is 106 Å². The van der Waals surface area contributed by atoms with Gasteiger partial charge in [-0.15, -0.1) is 0 Å². The van der Waals surface area contributed by atoms with Crippen molar-refractivity contribution in [3.8, 4) is 0 Å². The van der Waals surface area contributed by atoms with Crippen LogP contribution in [0.25, 0.3) is 0 Å². The Labute approximate surface area is 163 Å². The molecule has 0 bridgehead atoms. The third-order valence-corrected chi connectivity index (χ3v) is 4.47. The highest BCUT2D eigenvalue weighted by atomic mass is 16.6. The van der Waals surface area contributed by atoms with E-state index in [0.717, 1.165) is 11.1 Å². The van der Waals surface area contributed by atoms with Crippen LogP contribution in [0.2, 0.25) is 0 Å². The summed E-state index contributed by atoms with van der Waals surface area (Å²) < 4.78 is 0. The van der Waals surface area contributed by atoms with E-state index in [-0.39, 0.29) is 24.2 Å². The second-order valence-corrected chi connectivity index (χ2v) is 6.59. The molecule has 6 heteroatoms. The highest BCUT2D eigenvalue weighted by Crippen LogP contribution is 2.19. The van der Waals surface area contributed by atoms with Crippen molar-refractivity contribution >= 4 is 17.3 Å². The molecule has 0 aliphatic carbocycles. The number of carbonyl (C=O) groups is 1. The topological polar surface area (TPSA) is 88.8 Å². The first-order valence-corrected chi connectivity index (χ1v) is 9.02. The van der Waals surface area contributed by atoms with Crippen LogP contribution >= 0.6 is 0 Å². The fraction of sp³-hybridized carbons (Fsp3) is 0.136. The molecule has 0 radical (unpaired) electrons. The van der Waals surface area contributed by atoms with Gasteiger partial charge in [0.05, 0.1) is 4.92 Å². The van der Waals surface area contributed by atoms with E-state index >= 15 is 0 Å². The molecule has 0 saturated carbocycles. The molecule has 1 amide bonds. The first kappa shape index (κ1) is 19.3. The van der Waals surface area contributed by atoms with E-state index in [9.17, 15) is 14.9 Å². The fourth-order valence-corrected chi connectivity index (χ4v) is 3.03. The van der Waals surface area contributed by atoms with Gasteiger partial charge in [0.2, 0.25) is 0 Å². The molecule has 3 rings (SSSR count). The first-order valence-electron chi connectivity index (χ1n) is 9.02. The number of non-ortho nitro benzene ring substituents is 1. The van der Waals surface area contributed by atoms with Crippen molar-refractivity contribution in [1.29, 1.82) is 0 Å². The maximum atomic E-state index is 12.4. The van der Waals surface area contributed by atoms with Gasteiger partial charge in [-0.3, -0.25) is 14.9 Å². The predicted octanol–water partition coefficient (Wildman–Crippen LogP) is 3.19.